The Labute approximate surface area is 82.7 Å². The summed E-state index contributed by atoms with van der Waals surface area (Å²) in [6.45, 7) is 2.00. The van der Waals surface area contributed by atoms with Gasteiger partial charge >= 0.3 is 0 Å². The highest BCUT2D eigenvalue weighted by molar-refractivity contribution is 5.59. The Kier molecular flexibility index (Phi) is 2.40. The predicted octanol–water partition coefficient (Wildman–Crippen LogP) is 2.30. The van der Waals surface area contributed by atoms with Gasteiger partial charge in [0.15, 0.2) is 0 Å². The van der Waals surface area contributed by atoms with E-state index in [0.29, 0.717) is 0 Å². The van der Waals surface area contributed by atoms with Crippen molar-refractivity contribution in [3.8, 4) is 5.69 Å². The molecule has 0 radical (unpaired) electrons. The van der Waals surface area contributed by atoms with Gasteiger partial charge in [-0.1, -0.05) is 30.4 Å². The van der Waals surface area contributed by atoms with E-state index >= 15 is 0 Å². The fraction of sp³-hybridized carbons (Fsp3) is 0.0909. The van der Waals surface area contributed by atoms with E-state index in [-0.39, 0.29) is 0 Å². The highest BCUT2D eigenvalue weighted by Gasteiger charge is 2.00. The summed E-state index contributed by atoms with van der Waals surface area (Å²) in [5, 5.41) is 4.10. The van der Waals surface area contributed by atoms with Crippen molar-refractivity contribution in [2.24, 2.45) is 0 Å². The average molecular weight is 185 g/mol. The SMILES string of the molecule is CC=Cc1ccccc1-n1cncn1. The maximum atomic E-state index is 4.10. The quantitative estimate of drug-likeness (QED) is 0.718. The standard InChI is InChI=1S/C11H11N3/c1-2-5-10-6-3-4-7-11(10)14-9-12-8-13-14/h2-9H,1H3. The summed E-state index contributed by atoms with van der Waals surface area (Å²) in [6.07, 6.45) is 7.29. The summed E-state index contributed by atoms with van der Waals surface area (Å²) >= 11 is 0. The van der Waals surface area contributed by atoms with Gasteiger partial charge in [-0.15, -0.1) is 0 Å². The van der Waals surface area contributed by atoms with E-state index in [1.54, 1.807) is 11.0 Å². The first-order valence-corrected chi connectivity index (χ1v) is 4.48. The molecule has 14 heavy (non-hydrogen) atoms. The maximum absolute atomic E-state index is 4.10. The van der Waals surface area contributed by atoms with Crippen LogP contribution in [-0.2, 0) is 0 Å². The minimum atomic E-state index is 1.04. The summed E-state index contributed by atoms with van der Waals surface area (Å²) in [5.41, 5.74) is 2.18. The number of hydrogen-bond donors (Lipinski definition) is 0. The lowest BCUT2D eigenvalue weighted by molar-refractivity contribution is 0.877. The van der Waals surface area contributed by atoms with Crippen molar-refractivity contribution >= 4 is 6.08 Å². The van der Waals surface area contributed by atoms with Crippen LogP contribution in [0.15, 0.2) is 43.0 Å². The molecular formula is C11H11N3. The summed E-state index contributed by atoms with van der Waals surface area (Å²) in [5.74, 6) is 0. The van der Waals surface area contributed by atoms with Crippen molar-refractivity contribution < 1.29 is 0 Å². The van der Waals surface area contributed by atoms with Crippen LogP contribution in [0.1, 0.15) is 12.5 Å². The zero-order valence-corrected chi connectivity index (χ0v) is 7.96. The first kappa shape index (κ1) is 8.69. The molecule has 3 heteroatoms. The van der Waals surface area contributed by atoms with Gasteiger partial charge in [0.25, 0.3) is 0 Å². The van der Waals surface area contributed by atoms with Crippen LogP contribution in [0.4, 0.5) is 0 Å². The van der Waals surface area contributed by atoms with Crippen LogP contribution in [-0.4, -0.2) is 14.8 Å². The molecule has 0 saturated carbocycles. The van der Waals surface area contributed by atoms with Gasteiger partial charge in [0.1, 0.15) is 12.7 Å². The lowest BCUT2D eigenvalue weighted by Crippen LogP contribution is -1.96. The molecule has 0 aliphatic rings. The largest absolute Gasteiger partial charge is 0.223 e. The Bertz CT molecular complexity index is 430. The number of nitrogens with zero attached hydrogens (tertiary/aromatic N) is 3. The summed E-state index contributed by atoms with van der Waals surface area (Å²) in [7, 11) is 0. The molecule has 2 aromatic rings. The molecule has 1 aromatic heterocycles. The van der Waals surface area contributed by atoms with Crippen LogP contribution in [0.25, 0.3) is 11.8 Å². The minimum Gasteiger partial charge on any atom is -0.223 e. The molecule has 1 aromatic carbocycles. The number of hydrogen-bond acceptors (Lipinski definition) is 2. The van der Waals surface area contributed by atoms with E-state index in [1.807, 2.05) is 31.2 Å². The Balaban J connectivity index is 2.52. The van der Waals surface area contributed by atoms with Crippen molar-refractivity contribution in [1.29, 1.82) is 0 Å². The lowest BCUT2D eigenvalue weighted by Gasteiger charge is -2.03. The van der Waals surface area contributed by atoms with Gasteiger partial charge in [-0.05, 0) is 18.6 Å². The molecule has 0 aliphatic heterocycles. The maximum Gasteiger partial charge on any atom is 0.138 e. The molecule has 0 spiro atoms. The van der Waals surface area contributed by atoms with Crippen molar-refractivity contribution in [2.45, 2.75) is 6.92 Å². The molecule has 0 fully saturated rings. The molecule has 0 unspecified atom stereocenters. The highest BCUT2D eigenvalue weighted by atomic mass is 15.3. The lowest BCUT2D eigenvalue weighted by atomic mass is 10.1. The zero-order valence-electron chi connectivity index (χ0n) is 7.96. The van der Waals surface area contributed by atoms with Crippen molar-refractivity contribution in [1.82, 2.24) is 14.8 Å². The van der Waals surface area contributed by atoms with E-state index in [9.17, 15) is 0 Å². The number of rotatable bonds is 2. The number of para-hydroxylation sites is 1. The van der Waals surface area contributed by atoms with Crippen LogP contribution >= 0.6 is 0 Å². The van der Waals surface area contributed by atoms with E-state index in [0.717, 1.165) is 11.3 Å². The van der Waals surface area contributed by atoms with E-state index in [2.05, 4.69) is 22.2 Å². The van der Waals surface area contributed by atoms with Crippen LogP contribution in [0.2, 0.25) is 0 Å². The molecule has 2 rings (SSSR count). The van der Waals surface area contributed by atoms with Crippen LogP contribution in [0.5, 0.6) is 0 Å². The van der Waals surface area contributed by atoms with Gasteiger partial charge in [0.05, 0.1) is 5.69 Å². The molecule has 0 saturated heterocycles. The molecular weight excluding hydrogens is 174 g/mol. The number of aromatic nitrogens is 3. The normalized spacial score (nSPS) is 10.9. The second-order valence-corrected chi connectivity index (χ2v) is 2.90. The first-order chi connectivity index (χ1) is 6.92. The molecule has 0 bridgehead atoms. The Morgan fingerprint density at radius 2 is 2.14 bits per heavy atom. The van der Waals surface area contributed by atoms with Gasteiger partial charge in [0.2, 0.25) is 0 Å². The Hall–Kier alpha value is -1.90. The monoisotopic (exact) mass is 185 g/mol. The van der Waals surface area contributed by atoms with Gasteiger partial charge < -0.3 is 0 Å². The highest BCUT2D eigenvalue weighted by Crippen LogP contribution is 2.14. The summed E-state index contributed by atoms with van der Waals surface area (Å²) < 4.78 is 1.76. The molecule has 0 atom stereocenters. The molecule has 3 nitrogen and oxygen atoms in total. The molecule has 1 heterocycles. The van der Waals surface area contributed by atoms with Crippen molar-refractivity contribution in [2.75, 3.05) is 0 Å². The third-order valence-electron chi connectivity index (χ3n) is 1.95. The second kappa shape index (κ2) is 3.87. The van der Waals surface area contributed by atoms with Gasteiger partial charge in [-0.25, -0.2) is 9.67 Å². The second-order valence-electron chi connectivity index (χ2n) is 2.90. The minimum absolute atomic E-state index is 1.04. The fourth-order valence-electron chi connectivity index (χ4n) is 1.35. The van der Waals surface area contributed by atoms with Crippen molar-refractivity contribution in [3.05, 3.63) is 48.6 Å². The molecule has 70 valence electrons. The van der Waals surface area contributed by atoms with Crippen LogP contribution < -0.4 is 0 Å². The Morgan fingerprint density at radius 1 is 1.29 bits per heavy atom. The van der Waals surface area contributed by atoms with Crippen LogP contribution in [0.3, 0.4) is 0 Å². The van der Waals surface area contributed by atoms with E-state index in [4.69, 9.17) is 0 Å². The predicted molar refractivity (Wildman–Crippen MR) is 56.1 cm³/mol. The van der Waals surface area contributed by atoms with Gasteiger partial charge in [-0.2, -0.15) is 5.10 Å². The molecule has 0 aliphatic carbocycles. The first-order valence-electron chi connectivity index (χ1n) is 4.48. The van der Waals surface area contributed by atoms with Gasteiger partial charge in [0, 0.05) is 0 Å². The summed E-state index contributed by atoms with van der Waals surface area (Å²) in [4.78, 5) is 3.93. The third-order valence-corrected chi connectivity index (χ3v) is 1.95. The molecule has 0 amide bonds. The smallest absolute Gasteiger partial charge is 0.138 e. The van der Waals surface area contributed by atoms with Gasteiger partial charge in [-0.3, -0.25) is 0 Å². The topological polar surface area (TPSA) is 30.7 Å². The third kappa shape index (κ3) is 1.57. The number of benzene rings is 1. The summed E-state index contributed by atoms with van der Waals surface area (Å²) in [6, 6.07) is 8.07. The fourth-order valence-corrected chi connectivity index (χ4v) is 1.35. The van der Waals surface area contributed by atoms with E-state index < -0.39 is 0 Å². The zero-order chi connectivity index (χ0) is 9.80. The Morgan fingerprint density at radius 3 is 2.86 bits per heavy atom. The van der Waals surface area contributed by atoms with Crippen LogP contribution in [0, 0.1) is 0 Å². The van der Waals surface area contributed by atoms with E-state index in [1.165, 1.54) is 6.33 Å². The average Bonchev–Trinajstić information content (AvgIpc) is 2.72. The molecule has 0 N–H and O–H groups in total. The van der Waals surface area contributed by atoms with Crippen molar-refractivity contribution in [3.63, 3.8) is 0 Å². The number of allylic oxidation sites excluding steroid dienone is 1.